The van der Waals surface area contributed by atoms with Gasteiger partial charge in [0, 0.05) is 57.2 Å². The Morgan fingerprint density at radius 2 is 2.07 bits per heavy atom. The number of nitriles is 1. The van der Waals surface area contributed by atoms with E-state index in [9.17, 15) is 10.1 Å². The topological polar surface area (TPSA) is 85.3 Å². The summed E-state index contributed by atoms with van der Waals surface area (Å²) in [7, 11) is 0. The average molecular weight is 365 g/mol. The fourth-order valence-electron chi connectivity index (χ4n) is 4.12. The van der Waals surface area contributed by atoms with Crippen LogP contribution in [-0.4, -0.2) is 60.2 Å². The normalized spacial score (nSPS) is 18.5. The maximum Gasteiger partial charge on any atom is 0.246 e. The van der Waals surface area contributed by atoms with Crippen molar-refractivity contribution < 1.29 is 9.53 Å². The number of piperazine rings is 1. The van der Waals surface area contributed by atoms with Gasteiger partial charge in [-0.1, -0.05) is 6.58 Å². The van der Waals surface area contributed by atoms with E-state index in [-0.39, 0.29) is 5.91 Å². The predicted octanol–water partition coefficient (Wildman–Crippen LogP) is 2.16. The molecule has 7 nitrogen and oxygen atoms in total. The van der Waals surface area contributed by atoms with E-state index in [0.29, 0.717) is 37.7 Å². The Labute approximate surface area is 158 Å². The molecule has 0 saturated carbocycles. The van der Waals surface area contributed by atoms with E-state index in [1.54, 1.807) is 11.1 Å². The summed E-state index contributed by atoms with van der Waals surface area (Å²) < 4.78 is 5.51. The van der Waals surface area contributed by atoms with Crippen molar-refractivity contribution in [3.8, 4) is 6.07 Å². The zero-order chi connectivity index (χ0) is 18.8. The van der Waals surface area contributed by atoms with E-state index in [2.05, 4.69) is 27.5 Å². The van der Waals surface area contributed by atoms with Gasteiger partial charge in [0.15, 0.2) is 0 Å². The molecule has 7 heteroatoms. The number of nitrogens with one attached hydrogen (secondary N) is 1. The SMILES string of the molecule is C=CC(=O)N1CCN(c2c(C#N)cnc3[nH]cc(C4CCOCC4)c23)CC1. The standard InChI is InChI=1S/C20H23N5O2/c1-2-17(26)24-5-7-25(8-6-24)19-15(11-21)12-22-20-18(19)16(13-23-20)14-3-9-27-10-4-14/h2,12-14H,1,3-10H2,(H,22,23). The van der Waals surface area contributed by atoms with Crippen molar-refractivity contribution in [1.29, 1.82) is 5.26 Å². The summed E-state index contributed by atoms with van der Waals surface area (Å²) in [6, 6.07) is 2.31. The van der Waals surface area contributed by atoms with Gasteiger partial charge in [0.25, 0.3) is 0 Å². The second-order valence-electron chi connectivity index (χ2n) is 7.00. The Balaban J connectivity index is 1.73. The lowest BCUT2D eigenvalue weighted by Gasteiger charge is -2.36. The summed E-state index contributed by atoms with van der Waals surface area (Å²) >= 11 is 0. The van der Waals surface area contributed by atoms with Crippen LogP contribution < -0.4 is 4.90 Å². The van der Waals surface area contributed by atoms with Gasteiger partial charge >= 0.3 is 0 Å². The predicted molar refractivity (Wildman–Crippen MR) is 103 cm³/mol. The highest BCUT2D eigenvalue weighted by atomic mass is 16.5. The van der Waals surface area contributed by atoms with E-state index in [0.717, 1.165) is 42.8 Å². The van der Waals surface area contributed by atoms with E-state index in [4.69, 9.17) is 4.74 Å². The zero-order valence-electron chi connectivity index (χ0n) is 15.3. The van der Waals surface area contributed by atoms with Crippen LogP contribution in [-0.2, 0) is 9.53 Å². The molecule has 1 N–H and O–H groups in total. The van der Waals surface area contributed by atoms with Gasteiger partial charge in [-0.15, -0.1) is 0 Å². The van der Waals surface area contributed by atoms with Crippen molar-refractivity contribution >= 4 is 22.6 Å². The van der Waals surface area contributed by atoms with E-state index < -0.39 is 0 Å². The molecule has 0 unspecified atom stereocenters. The molecule has 2 saturated heterocycles. The first-order valence-electron chi connectivity index (χ1n) is 9.37. The number of aromatic nitrogens is 2. The molecule has 0 radical (unpaired) electrons. The number of fused-ring (bicyclic) bond motifs is 1. The third kappa shape index (κ3) is 3.17. The third-order valence-electron chi connectivity index (χ3n) is 5.57. The second kappa shape index (κ2) is 7.41. The number of rotatable bonds is 3. The number of carbonyl (C=O) groups excluding carboxylic acids is 1. The van der Waals surface area contributed by atoms with Gasteiger partial charge < -0.3 is 19.5 Å². The van der Waals surface area contributed by atoms with E-state index >= 15 is 0 Å². The van der Waals surface area contributed by atoms with Crippen molar-refractivity contribution in [2.75, 3.05) is 44.3 Å². The minimum atomic E-state index is -0.0421. The van der Waals surface area contributed by atoms with Crippen LogP contribution in [0.5, 0.6) is 0 Å². The Bertz CT molecular complexity index is 899. The molecule has 2 aliphatic rings. The first-order chi connectivity index (χ1) is 13.2. The molecule has 0 bridgehead atoms. The first-order valence-corrected chi connectivity index (χ1v) is 9.37. The van der Waals surface area contributed by atoms with Crippen LogP contribution in [0, 0.1) is 11.3 Å². The van der Waals surface area contributed by atoms with Gasteiger partial charge in [0.1, 0.15) is 11.7 Å². The number of ether oxygens (including phenoxy) is 1. The molecule has 27 heavy (non-hydrogen) atoms. The number of nitrogens with zero attached hydrogens (tertiary/aromatic N) is 4. The average Bonchev–Trinajstić information content (AvgIpc) is 3.17. The van der Waals surface area contributed by atoms with Crippen LogP contribution in [0.15, 0.2) is 25.0 Å². The van der Waals surface area contributed by atoms with Gasteiger partial charge in [-0.3, -0.25) is 4.79 Å². The minimum Gasteiger partial charge on any atom is -0.381 e. The second-order valence-corrected chi connectivity index (χ2v) is 7.00. The Kier molecular flexibility index (Phi) is 4.82. The molecule has 0 aliphatic carbocycles. The Morgan fingerprint density at radius 1 is 1.33 bits per heavy atom. The van der Waals surface area contributed by atoms with Crippen LogP contribution in [0.25, 0.3) is 11.0 Å². The summed E-state index contributed by atoms with van der Waals surface area (Å²) in [6.07, 6.45) is 6.99. The Hall–Kier alpha value is -2.85. The summed E-state index contributed by atoms with van der Waals surface area (Å²) in [5.41, 5.74) is 3.56. The summed E-state index contributed by atoms with van der Waals surface area (Å²) in [5.74, 6) is 0.366. The molecule has 0 atom stereocenters. The van der Waals surface area contributed by atoms with Crippen molar-refractivity contribution in [2.45, 2.75) is 18.8 Å². The van der Waals surface area contributed by atoms with Crippen LogP contribution in [0.2, 0.25) is 0 Å². The molecule has 4 heterocycles. The number of hydrogen-bond donors (Lipinski definition) is 1. The van der Waals surface area contributed by atoms with Crippen molar-refractivity contribution in [3.63, 3.8) is 0 Å². The van der Waals surface area contributed by atoms with Crippen molar-refractivity contribution in [1.82, 2.24) is 14.9 Å². The molecular weight excluding hydrogens is 342 g/mol. The highest BCUT2D eigenvalue weighted by Gasteiger charge is 2.27. The van der Waals surface area contributed by atoms with E-state index in [1.807, 2.05) is 6.20 Å². The minimum absolute atomic E-state index is 0.0421. The molecule has 0 aromatic carbocycles. The molecule has 0 spiro atoms. The van der Waals surface area contributed by atoms with Crippen LogP contribution in [0.4, 0.5) is 5.69 Å². The zero-order valence-corrected chi connectivity index (χ0v) is 15.3. The Morgan fingerprint density at radius 3 is 2.74 bits per heavy atom. The molecule has 4 rings (SSSR count). The molecule has 2 fully saturated rings. The molecule has 2 aromatic rings. The molecule has 2 aromatic heterocycles. The smallest absolute Gasteiger partial charge is 0.246 e. The summed E-state index contributed by atoms with van der Waals surface area (Å²) in [4.78, 5) is 23.6. The number of aromatic amines is 1. The third-order valence-corrected chi connectivity index (χ3v) is 5.57. The fraction of sp³-hybridized carbons (Fsp3) is 0.450. The number of hydrogen-bond acceptors (Lipinski definition) is 5. The van der Waals surface area contributed by atoms with Gasteiger partial charge in [0.2, 0.25) is 5.91 Å². The van der Waals surface area contributed by atoms with Gasteiger partial charge in [-0.25, -0.2) is 4.98 Å². The van der Waals surface area contributed by atoms with Crippen LogP contribution in [0.3, 0.4) is 0 Å². The molecule has 1 amide bonds. The van der Waals surface area contributed by atoms with Crippen molar-refractivity contribution in [2.24, 2.45) is 0 Å². The van der Waals surface area contributed by atoms with Gasteiger partial charge in [0.05, 0.1) is 11.3 Å². The monoisotopic (exact) mass is 365 g/mol. The summed E-state index contributed by atoms with van der Waals surface area (Å²) in [6.45, 7) is 7.71. The quantitative estimate of drug-likeness (QED) is 0.843. The lowest BCUT2D eigenvalue weighted by Crippen LogP contribution is -2.48. The maximum absolute atomic E-state index is 11.9. The fourth-order valence-corrected chi connectivity index (χ4v) is 4.12. The largest absolute Gasteiger partial charge is 0.381 e. The highest BCUT2D eigenvalue weighted by molar-refractivity contribution is 5.96. The number of H-pyrrole nitrogens is 1. The molecule has 2 aliphatic heterocycles. The van der Waals surface area contributed by atoms with Crippen LogP contribution in [0.1, 0.15) is 29.9 Å². The highest BCUT2D eigenvalue weighted by Crippen LogP contribution is 2.38. The lowest BCUT2D eigenvalue weighted by atomic mass is 9.90. The number of anilines is 1. The maximum atomic E-state index is 11.9. The summed E-state index contributed by atoms with van der Waals surface area (Å²) in [5, 5.41) is 10.7. The van der Waals surface area contributed by atoms with Gasteiger partial charge in [-0.05, 0) is 30.4 Å². The van der Waals surface area contributed by atoms with E-state index in [1.165, 1.54) is 11.6 Å². The number of amides is 1. The number of carbonyl (C=O) groups is 1. The molecule has 140 valence electrons. The molecular formula is C20H23N5O2. The van der Waals surface area contributed by atoms with Crippen LogP contribution >= 0.6 is 0 Å². The first kappa shape index (κ1) is 17.6. The van der Waals surface area contributed by atoms with Gasteiger partial charge in [-0.2, -0.15) is 5.26 Å². The number of pyridine rings is 1. The lowest BCUT2D eigenvalue weighted by molar-refractivity contribution is -0.126. The van der Waals surface area contributed by atoms with Crippen molar-refractivity contribution in [3.05, 3.63) is 36.2 Å².